The van der Waals surface area contributed by atoms with Crippen molar-refractivity contribution in [3.63, 3.8) is 0 Å². The topological polar surface area (TPSA) is 49.8 Å². The molecule has 2 heterocycles. The Balaban J connectivity index is 2.02. The van der Waals surface area contributed by atoms with E-state index in [0.29, 0.717) is 6.04 Å². The Kier molecular flexibility index (Phi) is 2.45. The summed E-state index contributed by atoms with van der Waals surface area (Å²) in [6.07, 6.45) is 0. The lowest BCUT2D eigenvalue weighted by Crippen LogP contribution is -2.51. The van der Waals surface area contributed by atoms with Gasteiger partial charge < -0.3 is 10.6 Å². The lowest BCUT2D eigenvalue weighted by molar-refractivity contribution is 0.471. The normalized spacial score (nSPS) is 17.9. The van der Waals surface area contributed by atoms with Crippen LogP contribution in [-0.4, -0.2) is 28.5 Å². The Hall–Kier alpha value is -0.680. The monoisotopic (exact) mass is 212 g/mol. The molecule has 1 fully saturated rings. The van der Waals surface area contributed by atoms with E-state index in [1.807, 2.05) is 0 Å². The van der Waals surface area contributed by atoms with Gasteiger partial charge in [-0.3, -0.25) is 0 Å². The van der Waals surface area contributed by atoms with E-state index < -0.39 is 0 Å². The van der Waals surface area contributed by atoms with Crippen LogP contribution < -0.4 is 10.6 Å². The van der Waals surface area contributed by atoms with Crippen LogP contribution in [0.25, 0.3) is 0 Å². The van der Waals surface area contributed by atoms with Crippen molar-refractivity contribution in [1.29, 1.82) is 0 Å². The molecular formula is C9H16N4S. The van der Waals surface area contributed by atoms with Crippen LogP contribution in [-0.2, 0) is 5.41 Å². The van der Waals surface area contributed by atoms with Gasteiger partial charge in [0.15, 0.2) is 0 Å². The molecule has 78 valence electrons. The summed E-state index contributed by atoms with van der Waals surface area (Å²) >= 11 is 1.45. The number of aromatic nitrogens is 2. The third kappa shape index (κ3) is 2.04. The highest BCUT2D eigenvalue weighted by atomic mass is 32.1. The second-order valence-corrected chi connectivity index (χ2v) is 5.42. The van der Waals surface area contributed by atoms with Gasteiger partial charge in [0.2, 0.25) is 5.13 Å². The first-order valence-corrected chi connectivity index (χ1v) is 5.64. The van der Waals surface area contributed by atoms with Crippen molar-refractivity contribution in [3.05, 3.63) is 5.82 Å². The zero-order valence-electron chi connectivity index (χ0n) is 8.79. The van der Waals surface area contributed by atoms with E-state index >= 15 is 0 Å². The van der Waals surface area contributed by atoms with Crippen LogP contribution >= 0.6 is 11.5 Å². The van der Waals surface area contributed by atoms with Crippen molar-refractivity contribution < 1.29 is 0 Å². The largest absolute Gasteiger partial charge is 0.355 e. The zero-order chi connectivity index (χ0) is 10.2. The molecule has 0 unspecified atom stereocenters. The predicted molar refractivity (Wildman–Crippen MR) is 58.9 cm³/mol. The summed E-state index contributed by atoms with van der Waals surface area (Å²) in [5.74, 6) is 0.928. The van der Waals surface area contributed by atoms with Crippen LogP contribution in [0.4, 0.5) is 5.13 Å². The first-order chi connectivity index (χ1) is 6.55. The molecule has 5 heteroatoms. The number of hydrogen-bond acceptors (Lipinski definition) is 5. The zero-order valence-corrected chi connectivity index (χ0v) is 9.61. The summed E-state index contributed by atoms with van der Waals surface area (Å²) in [5.41, 5.74) is 0.0499. The highest BCUT2D eigenvalue weighted by Gasteiger charge is 2.22. The van der Waals surface area contributed by atoms with Crippen molar-refractivity contribution in [2.75, 3.05) is 18.4 Å². The maximum absolute atomic E-state index is 4.47. The van der Waals surface area contributed by atoms with Crippen molar-refractivity contribution >= 4 is 16.7 Å². The molecule has 0 aromatic carbocycles. The molecule has 14 heavy (non-hydrogen) atoms. The number of hydrogen-bond donors (Lipinski definition) is 2. The van der Waals surface area contributed by atoms with Crippen LogP contribution in [0.2, 0.25) is 0 Å². The fraction of sp³-hybridized carbons (Fsp3) is 0.778. The van der Waals surface area contributed by atoms with Crippen LogP contribution in [0.1, 0.15) is 26.6 Å². The molecule has 0 bridgehead atoms. The van der Waals surface area contributed by atoms with E-state index in [4.69, 9.17) is 0 Å². The van der Waals surface area contributed by atoms with Crippen molar-refractivity contribution in [3.8, 4) is 0 Å². The Morgan fingerprint density at radius 2 is 2.14 bits per heavy atom. The van der Waals surface area contributed by atoms with Crippen LogP contribution in [0.3, 0.4) is 0 Å². The summed E-state index contributed by atoms with van der Waals surface area (Å²) in [6, 6.07) is 0.538. The van der Waals surface area contributed by atoms with Crippen molar-refractivity contribution in [1.82, 2.24) is 14.7 Å². The van der Waals surface area contributed by atoms with Gasteiger partial charge in [0.05, 0.1) is 6.04 Å². The van der Waals surface area contributed by atoms with Gasteiger partial charge in [-0.1, -0.05) is 20.8 Å². The van der Waals surface area contributed by atoms with Crippen LogP contribution in [0.5, 0.6) is 0 Å². The SMILES string of the molecule is CC(C)(C)c1nsc(NC2CNC2)n1. The molecule has 0 spiro atoms. The molecule has 0 atom stereocenters. The summed E-state index contributed by atoms with van der Waals surface area (Å²) in [7, 11) is 0. The summed E-state index contributed by atoms with van der Waals surface area (Å²) < 4.78 is 4.35. The van der Waals surface area contributed by atoms with E-state index in [9.17, 15) is 0 Å². The molecule has 0 aliphatic carbocycles. The molecule has 1 saturated heterocycles. The van der Waals surface area contributed by atoms with E-state index in [1.165, 1.54) is 11.5 Å². The smallest absolute Gasteiger partial charge is 0.202 e. The minimum atomic E-state index is 0.0499. The summed E-state index contributed by atoms with van der Waals surface area (Å²) in [5, 5.41) is 7.51. The maximum Gasteiger partial charge on any atom is 0.202 e. The highest BCUT2D eigenvalue weighted by Crippen LogP contribution is 2.23. The van der Waals surface area contributed by atoms with Gasteiger partial charge in [0.1, 0.15) is 5.82 Å². The maximum atomic E-state index is 4.47. The van der Waals surface area contributed by atoms with E-state index in [0.717, 1.165) is 24.0 Å². The molecule has 1 aliphatic rings. The van der Waals surface area contributed by atoms with Crippen molar-refractivity contribution in [2.24, 2.45) is 0 Å². The van der Waals surface area contributed by atoms with E-state index in [-0.39, 0.29) is 5.41 Å². The van der Waals surface area contributed by atoms with E-state index in [2.05, 4.69) is 40.8 Å². The lowest BCUT2D eigenvalue weighted by atomic mass is 9.96. The lowest BCUT2D eigenvalue weighted by Gasteiger charge is -2.27. The number of nitrogens with one attached hydrogen (secondary N) is 2. The van der Waals surface area contributed by atoms with Crippen LogP contribution in [0, 0.1) is 0 Å². The Bertz CT molecular complexity index is 311. The summed E-state index contributed by atoms with van der Waals surface area (Å²) in [6.45, 7) is 8.45. The first-order valence-electron chi connectivity index (χ1n) is 4.87. The number of anilines is 1. The molecular weight excluding hydrogens is 196 g/mol. The summed E-state index contributed by atoms with van der Waals surface area (Å²) in [4.78, 5) is 4.47. The van der Waals surface area contributed by atoms with Crippen molar-refractivity contribution in [2.45, 2.75) is 32.2 Å². The quantitative estimate of drug-likeness (QED) is 0.774. The molecule has 4 nitrogen and oxygen atoms in total. The number of rotatable bonds is 2. The van der Waals surface area contributed by atoms with E-state index in [1.54, 1.807) is 0 Å². The first kappa shape index (κ1) is 9.86. The molecule has 1 aromatic heterocycles. The molecule has 2 N–H and O–H groups in total. The molecule has 2 rings (SSSR count). The van der Waals surface area contributed by atoms with Gasteiger partial charge in [-0.25, -0.2) is 4.98 Å². The standard InChI is InChI=1S/C9H16N4S/c1-9(2,3)7-12-8(14-13-7)11-6-4-10-5-6/h6,10H,4-5H2,1-3H3,(H,11,12,13). The van der Waals surface area contributed by atoms with Gasteiger partial charge in [-0.2, -0.15) is 4.37 Å². The molecule has 1 aliphatic heterocycles. The molecule has 0 amide bonds. The Labute approximate surface area is 88.3 Å². The number of nitrogens with zero attached hydrogens (tertiary/aromatic N) is 2. The third-order valence-electron chi connectivity index (χ3n) is 2.21. The Morgan fingerprint density at radius 3 is 2.57 bits per heavy atom. The molecule has 0 radical (unpaired) electrons. The predicted octanol–water partition coefficient (Wildman–Crippen LogP) is 1.22. The van der Waals surface area contributed by atoms with Gasteiger partial charge in [-0.05, 0) is 0 Å². The second-order valence-electron chi connectivity index (χ2n) is 4.67. The van der Waals surface area contributed by atoms with Gasteiger partial charge in [0, 0.05) is 30.0 Å². The fourth-order valence-electron chi connectivity index (χ4n) is 1.15. The van der Waals surface area contributed by atoms with Gasteiger partial charge >= 0.3 is 0 Å². The Morgan fingerprint density at radius 1 is 1.43 bits per heavy atom. The average molecular weight is 212 g/mol. The minimum Gasteiger partial charge on any atom is -0.355 e. The van der Waals surface area contributed by atoms with Gasteiger partial charge in [0.25, 0.3) is 0 Å². The fourth-order valence-corrected chi connectivity index (χ4v) is 1.99. The van der Waals surface area contributed by atoms with Crippen LogP contribution in [0.15, 0.2) is 0 Å². The molecule has 1 aromatic rings. The average Bonchev–Trinajstić information content (AvgIpc) is 2.43. The van der Waals surface area contributed by atoms with Gasteiger partial charge in [-0.15, -0.1) is 0 Å². The minimum absolute atomic E-state index is 0.0499. The highest BCUT2D eigenvalue weighted by molar-refractivity contribution is 7.09. The third-order valence-corrected chi connectivity index (χ3v) is 2.85. The molecule has 0 saturated carbocycles. The second kappa shape index (κ2) is 3.47.